The SMILES string of the molecule is CC(C)(C)C(=O)CC1c2ccccc2N=C(n2cncn2)N1c1ccccc1. The molecule has 6 heteroatoms. The molecular formula is C22H23N5O. The minimum Gasteiger partial charge on any atom is -0.302 e. The van der Waals surface area contributed by atoms with Crippen molar-refractivity contribution in [2.24, 2.45) is 10.4 Å². The first-order valence-electron chi connectivity index (χ1n) is 9.35. The van der Waals surface area contributed by atoms with Gasteiger partial charge in [0.15, 0.2) is 0 Å². The van der Waals surface area contributed by atoms with Crippen LogP contribution in [-0.4, -0.2) is 26.5 Å². The predicted octanol–water partition coefficient (Wildman–Crippen LogP) is 4.38. The van der Waals surface area contributed by atoms with Gasteiger partial charge in [-0.15, -0.1) is 0 Å². The minimum absolute atomic E-state index is 0.179. The van der Waals surface area contributed by atoms with Crippen LogP contribution in [0.3, 0.4) is 0 Å². The summed E-state index contributed by atoms with van der Waals surface area (Å²) >= 11 is 0. The number of aliphatic imine (C=N–C) groups is 1. The maximum Gasteiger partial charge on any atom is 0.233 e. The molecular weight excluding hydrogens is 350 g/mol. The van der Waals surface area contributed by atoms with Crippen LogP contribution in [0.15, 0.2) is 72.2 Å². The average molecular weight is 373 g/mol. The molecule has 0 bridgehead atoms. The number of Topliss-reactive ketones (excluding diaryl/α,β-unsaturated/α-hetero) is 1. The Labute approximate surface area is 164 Å². The molecule has 0 N–H and O–H groups in total. The normalized spacial score (nSPS) is 16.5. The number of nitrogens with zero attached hydrogens (tertiary/aromatic N) is 5. The lowest BCUT2D eigenvalue weighted by molar-refractivity contribution is -0.126. The van der Waals surface area contributed by atoms with E-state index in [9.17, 15) is 4.79 Å². The van der Waals surface area contributed by atoms with E-state index in [1.807, 2.05) is 75.4 Å². The van der Waals surface area contributed by atoms with Crippen molar-refractivity contribution in [1.82, 2.24) is 14.8 Å². The van der Waals surface area contributed by atoms with Gasteiger partial charge in [-0.25, -0.2) is 9.98 Å². The number of aromatic nitrogens is 3. The largest absolute Gasteiger partial charge is 0.302 e. The summed E-state index contributed by atoms with van der Waals surface area (Å²) in [6.45, 7) is 5.88. The first-order chi connectivity index (χ1) is 13.4. The number of hydrogen-bond donors (Lipinski definition) is 0. The first-order valence-corrected chi connectivity index (χ1v) is 9.35. The summed E-state index contributed by atoms with van der Waals surface area (Å²) in [5.41, 5.74) is 2.43. The van der Waals surface area contributed by atoms with Crippen molar-refractivity contribution in [3.05, 3.63) is 72.8 Å². The predicted molar refractivity (Wildman–Crippen MR) is 110 cm³/mol. The topological polar surface area (TPSA) is 63.4 Å². The van der Waals surface area contributed by atoms with Crippen molar-refractivity contribution in [3.8, 4) is 0 Å². The maximum atomic E-state index is 13.0. The number of fused-ring (bicyclic) bond motifs is 1. The second kappa shape index (κ2) is 7.03. The summed E-state index contributed by atoms with van der Waals surface area (Å²) in [6, 6.07) is 17.8. The molecule has 0 saturated carbocycles. The van der Waals surface area contributed by atoms with E-state index in [4.69, 9.17) is 4.99 Å². The Morgan fingerprint density at radius 2 is 1.75 bits per heavy atom. The number of carbonyl (C=O) groups excluding carboxylic acids is 1. The molecule has 0 aliphatic carbocycles. The van der Waals surface area contributed by atoms with Crippen molar-refractivity contribution >= 4 is 23.1 Å². The summed E-state index contributed by atoms with van der Waals surface area (Å²) in [6.07, 6.45) is 3.50. The molecule has 0 spiro atoms. The van der Waals surface area contributed by atoms with Crippen molar-refractivity contribution in [2.75, 3.05) is 4.90 Å². The Hall–Kier alpha value is -3.28. The van der Waals surface area contributed by atoms with E-state index < -0.39 is 5.41 Å². The fourth-order valence-corrected chi connectivity index (χ4v) is 3.35. The fourth-order valence-electron chi connectivity index (χ4n) is 3.35. The van der Waals surface area contributed by atoms with Gasteiger partial charge >= 0.3 is 0 Å². The fraction of sp³-hybridized carbons (Fsp3) is 0.273. The second-order valence-electron chi connectivity index (χ2n) is 7.91. The zero-order valence-corrected chi connectivity index (χ0v) is 16.3. The van der Waals surface area contributed by atoms with Crippen molar-refractivity contribution < 1.29 is 4.79 Å². The summed E-state index contributed by atoms with van der Waals surface area (Å²) in [5.74, 6) is 0.835. The highest BCUT2D eigenvalue weighted by molar-refractivity contribution is 6.02. The number of para-hydroxylation sites is 2. The summed E-state index contributed by atoms with van der Waals surface area (Å²) in [7, 11) is 0. The van der Waals surface area contributed by atoms with Crippen molar-refractivity contribution in [2.45, 2.75) is 33.2 Å². The third-order valence-electron chi connectivity index (χ3n) is 4.92. The highest BCUT2D eigenvalue weighted by Gasteiger charge is 2.36. The average Bonchev–Trinajstić information content (AvgIpc) is 3.22. The van der Waals surface area contributed by atoms with E-state index in [0.29, 0.717) is 12.4 Å². The summed E-state index contributed by atoms with van der Waals surface area (Å²) < 4.78 is 1.65. The van der Waals surface area contributed by atoms with Gasteiger partial charge in [-0.2, -0.15) is 9.78 Å². The Morgan fingerprint density at radius 1 is 1.04 bits per heavy atom. The molecule has 2 heterocycles. The van der Waals surface area contributed by atoms with Crippen LogP contribution >= 0.6 is 0 Å². The number of carbonyl (C=O) groups is 1. The lowest BCUT2D eigenvalue weighted by Gasteiger charge is -2.38. The maximum absolute atomic E-state index is 13.0. The highest BCUT2D eigenvalue weighted by atomic mass is 16.1. The number of benzene rings is 2. The van der Waals surface area contributed by atoms with E-state index in [1.165, 1.54) is 6.33 Å². The lowest BCUT2D eigenvalue weighted by Crippen LogP contribution is -2.43. The molecule has 0 fully saturated rings. The van der Waals surface area contributed by atoms with Crippen LogP contribution in [0.2, 0.25) is 0 Å². The smallest absolute Gasteiger partial charge is 0.233 e. The lowest BCUT2D eigenvalue weighted by atomic mass is 9.84. The van der Waals surface area contributed by atoms with Gasteiger partial charge in [-0.05, 0) is 18.2 Å². The monoisotopic (exact) mass is 373 g/mol. The molecule has 2 aromatic carbocycles. The van der Waals surface area contributed by atoms with Gasteiger partial charge < -0.3 is 4.90 Å². The Kier molecular flexibility index (Phi) is 4.55. The molecule has 0 saturated heterocycles. The quantitative estimate of drug-likeness (QED) is 0.683. The molecule has 1 aromatic heterocycles. The summed E-state index contributed by atoms with van der Waals surface area (Å²) in [4.78, 5) is 24.0. The molecule has 0 radical (unpaired) electrons. The number of anilines is 1. The zero-order chi connectivity index (χ0) is 19.7. The Morgan fingerprint density at radius 3 is 2.43 bits per heavy atom. The molecule has 1 atom stereocenters. The van der Waals surface area contributed by atoms with Crippen molar-refractivity contribution in [3.63, 3.8) is 0 Å². The van der Waals surface area contributed by atoms with Crippen LogP contribution in [0.5, 0.6) is 0 Å². The minimum atomic E-state index is -0.417. The van der Waals surface area contributed by atoms with Crippen LogP contribution in [0.25, 0.3) is 0 Å². The van der Waals surface area contributed by atoms with Gasteiger partial charge in [0.2, 0.25) is 5.96 Å². The van der Waals surface area contributed by atoms with Crippen LogP contribution in [0, 0.1) is 5.41 Å². The third-order valence-corrected chi connectivity index (χ3v) is 4.92. The molecule has 1 unspecified atom stereocenters. The second-order valence-corrected chi connectivity index (χ2v) is 7.91. The van der Waals surface area contributed by atoms with Crippen LogP contribution < -0.4 is 4.90 Å². The van der Waals surface area contributed by atoms with Crippen LogP contribution in [-0.2, 0) is 4.79 Å². The molecule has 1 aliphatic rings. The highest BCUT2D eigenvalue weighted by Crippen LogP contribution is 2.41. The molecule has 6 nitrogen and oxygen atoms in total. The van der Waals surface area contributed by atoms with E-state index in [-0.39, 0.29) is 11.8 Å². The Balaban J connectivity index is 1.89. The van der Waals surface area contributed by atoms with Gasteiger partial charge in [-0.1, -0.05) is 57.2 Å². The van der Waals surface area contributed by atoms with Crippen LogP contribution in [0.1, 0.15) is 38.8 Å². The van der Waals surface area contributed by atoms with Crippen LogP contribution in [0.4, 0.5) is 11.4 Å². The van der Waals surface area contributed by atoms with Gasteiger partial charge in [0.25, 0.3) is 0 Å². The molecule has 4 rings (SSSR count). The van der Waals surface area contributed by atoms with E-state index >= 15 is 0 Å². The molecule has 3 aromatic rings. The van der Waals surface area contributed by atoms with Gasteiger partial charge in [0.1, 0.15) is 18.4 Å². The van der Waals surface area contributed by atoms with Gasteiger partial charge in [0.05, 0.1) is 11.7 Å². The molecule has 1 aliphatic heterocycles. The standard InChI is InChI=1S/C22H23N5O/c1-22(2,3)20(28)13-19-17-11-7-8-12-18(17)25-21(26-15-23-14-24-26)27(19)16-9-5-4-6-10-16/h4-12,14-15,19H,13H2,1-3H3. The molecule has 0 amide bonds. The summed E-state index contributed by atoms with van der Waals surface area (Å²) in [5, 5.41) is 4.30. The number of ketones is 1. The number of hydrogen-bond acceptors (Lipinski definition) is 5. The zero-order valence-electron chi connectivity index (χ0n) is 16.3. The molecule has 142 valence electrons. The molecule has 28 heavy (non-hydrogen) atoms. The van der Waals surface area contributed by atoms with E-state index in [0.717, 1.165) is 16.9 Å². The van der Waals surface area contributed by atoms with Crippen molar-refractivity contribution in [1.29, 1.82) is 0 Å². The third kappa shape index (κ3) is 3.33. The van der Waals surface area contributed by atoms with E-state index in [1.54, 1.807) is 11.0 Å². The Bertz CT molecular complexity index is 1000. The first kappa shape index (κ1) is 18.1. The van der Waals surface area contributed by atoms with Gasteiger partial charge in [-0.3, -0.25) is 4.79 Å². The van der Waals surface area contributed by atoms with Gasteiger partial charge in [0, 0.05) is 23.1 Å². The number of rotatable bonds is 3. The van der Waals surface area contributed by atoms with E-state index in [2.05, 4.69) is 15.0 Å².